The second-order valence-corrected chi connectivity index (χ2v) is 8.02. The normalized spacial score (nSPS) is 23.1. The van der Waals surface area contributed by atoms with Crippen LogP contribution in [-0.2, 0) is 14.8 Å². The van der Waals surface area contributed by atoms with E-state index in [1.807, 2.05) is 20.8 Å². The van der Waals surface area contributed by atoms with Gasteiger partial charge in [0, 0.05) is 12.6 Å². The smallest absolute Gasteiger partial charge is 0.335 e. The lowest BCUT2D eigenvalue weighted by atomic mass is 10.0. The van der Waals surface area contributed by atoms with E-state index in [1.54, 1.807) is 0 Å². The van der Waals surface area contributed by atoms with Crippen molar-refractivity contribution in [3.8, 4) is 0 Å². The van der Waals surface area contributed by atoms with E-state index in [2.05, 4.69) is 0 Å². The number of benzene rings is 1. The Morgan fingerprint density at radius 1 is 1.30 bits per heavy atom. The fourth-order valence-corrected chi connectivity index (χ4v) is 4.53. The molecule has 2 unspecified atom stereocenters. The van der Waals surface area contributed by atoms with E-state index in [0.29, 0.717) is 19.4 Å². The molecule has 2 rings (SSSR count). The molecule has 1 aromatic rings. The van der Waals surface area contributed by atoms with Crippen molar-refractivity contribution in [2.45, 2.75) is 56.8 Å². The number of hydrogen-bond donors (Lipinski definition) is 1. The first-order chi connectivity index (χ1) is 10.7. The van der Waals surface area contributed by atoms with Crippen LogP contribution < -0.4 is 0 Å². The van der Waals surface area contributed by atoms with Gasteiger partial charge in [-0.25, -0.2) is 13.2 Å². The van der Waals surface area contributed by atoms with Gasteiger partial charge in [0.1, 0.15) is 0 Å². The quantitative estimate of drug-likeness (QED) is 0.889. The third-order valence-corrected chi connectivity index (χ3v) is 5.97. The number of hydrogen-bond acceptors (Lipinski definition) is 4. The van der Waals surface area contributed by atoms with Crippen LogP contribution in [0.3, 0.4) is 0 Å². The topological polar surface area (TPSA) is 83.9 Å². The van der Waals surface area contributed by atoms with Crippen LogP contribution >= 0.6 is 0 Å². The van der Waals surface area contributed by atoms with Gasteiger partial charge in [0.05, 0.1) is 22.7 Å². The molecule has 23 heavy (non-hydrogen) atoms. The van der Waals surface area contributed by atoms with Crippen molar-refractivity contribution in [2.75, 3.05) is 6.54 Å². The van der Waals surface area contributed by atoms with Gasteiger partial charge in [-0.2, -0.15) is 4.31 Å². The van der Waals surface area contributed by atoms with E-state index in [9.17, 15) is 13.2 Å². The van der Waals surface area contributed by atoms with E-state index >= 15 is 0 Å². The second-order valence-electron chi connectivity index (χ2n) is 6.13. The molecule has 1 fully saturated rings. The summed E-state index contributed by atoms with van der Waals surface area (Å²) in [5.41, 5.74) is 0.0704. The Morgan fingerprint density at radius 2 is 1.91 bits per heavy atom. The average molecular weight is 341 g/mol. The molecule has 1 heterocycles. The first-order valence-electron chi connectivity index (χ1n) is 7.72. The molecule has 128 valence electrons. The zero-order chi connectivity index (χ0) is 17.2. The maximum absolute atomic E-state index is 12.7. The number of carbonyl (C=O) groups is 1. The molecule has 1 aromatic carbocycles. The molecule has 7 heteroatoms. The highest BCUT2D eigenvalue weighted by Gasteiger charge is 2.35. The van der Waals surface area contributed by atoms with Gasteiger partial charge in [0.2, 0.25) is 10.0 Å². The summed E-state index contributed by atoms with van der Waals surface area (Å²) in [7, 11) is -3.62. The Balaban J connectivity index is 2.15. The number of sulfonamides is 1. The van der Waals surface area contributed by atoms with Crippen LogP contribution in [0.2, 0.25) is 0 Å². The van der Waals surface area contributed by atoms with Gasteiger partial charge in [-0.1, -0.05) is 0 Å². The molecule has 1 N–H and O–H groups in total. The first-order valence-corrected chi connectivity index (χ1v) is 9.16. The van der Waals surface area contributed by atoms with Crippen LogP contribution in [0.25, 0.3) is 0 Å². The molecule has 0 amide bonds. The summed E-state index contributed by atoms with van der Waals surface area (Å²) in [6.45, 7) is 6.22. The number of aromatic carboxylic acids is 1. The molecule has 0 aliphatic carbocycles. The molecular weight excluding hydrogens is 318 g/mol. The van der Waals surface area contributed by atoms with Crippen molar-refractivity contribution >= 4 is 16.0 Å². The standard InChI is InChI=1S/C16H23NO5S/c1-11(2)22-14-8-9-17(12(3)10-14)23(20,21)15-6-4-13(5-7-15)16(18)19/h4-7,11-12,14H,8-10H2,1-3H3,(H,18,19). The Labute approximate surface area is 137 Å². The molecule has 2 atom stereocenters. The maximum atomic E-state index is 12.7. The molecule has 1 saturated heterocycles. The van der Waals surface area contributed by atoms with Crippen molar-refractivity contribution in [3.63, 3.8) is 0 Å². The van der Waals surface area contributed by atoms with Gasteiger partial charge in [0.25, 0.3) is 0 Å². The third-order valence-electron chi connectivity index (χ3n) is 3.94. The van der Waals surface area contributed by atoms with E-state index in [4.69, 9.17) is 9.84 Å². The summed E-state index contributed by atoms with van der Waals surface area (Å²) in [6.07, 6.45) is 1.52. The predicted molar refractivity (Wildman–Crippen MR) is 86.0 cm³/mol. The van der Waals surface area contributed by atoms with Gasteiger partial charge >= 0.3 is 5.97 Å². The molecule has 0 saturated carbocycles. The number of carboxylic acid groups (broad SMARTS) is 1. The largest absolute Gasteiger partial charge is 0.478 e. The SMILES string of the molecule is CC(C)OC1CCN(S(=O)(=O)c2ccc(C(=O)O)cc2)C(C)C1. The molecular formula is C16H23NO5S. The minimum Gasteiger partial charge on any atom is -0.478 e. The van der Waals surface area contributed by atoms with Crippen molar-refractivity contribution in [1.29, 1.82) is 0 Å². The summed E-state index contributed by atoms with van der Waals surface area (Å²) in [6, 6.07) is 5.17. The van der Waals surface area contributed by atoms with Crippen molar-refractivity contribution in [2.24, 2.45) is 0 Å². The van der Waals surface area contributed by atoms with Crippen molar-refractivity contribution < 1.29 is 23.1 Å². The number of piperidine rings is 1. The van der Waals surface area contributed by atoms with Gasteiger partial charge < -0.3 is 9.84 Å². The van der Waals surface area contributed by atoms with Crippen molar-refractivity contribution in [3.05, 3.63) is 29.8 Å². The summed E-state index contributed by atoms with van der Waals surface area (Å²) in [5, 5.41) is 8.90. The van der Waals surface area contributed by atoms with Gasteiger partial charge in [0.15, 0.2) is 0 Å². The van der Waals surface area contributed by atoms with E-state index in [1.165, 1.54) is 28.6 Å². The Kier molecular flexibility index (Phi) is 5.44. The zero-order valence-electron chi connectivity index (χ0n) is 13.6. The number of ether oxygens (including phenoxy) is 1. The minimum absolute atomic E-state index is 0.0704. The number of carboxylic acids is 1. The molecule has 0 radical (unpaired) electrons. The lowest BCUT2D eigenvalue weighted by molar-refractivity contribution is -0.0274. The number of nitrogens with zero attached hydrogens (tertiary/aromatic N) is 1. The molecule has 6 nitrogen and oxygen atoms in total. The second kappa shape index (κ2) is 6.98. The molecule has 0 spiro atoms. The molecule has 0 bridgehead atoms. The number of rotatable bonds is 5. The molecule has 1 aliphatic rings. The van der Waals surface area contributed by atoms with Gasteiger partial charge in [-0.15, -0.1) is 0 Å². The van der Waals surface area contributed by atoms with Crippen LogP contribution in [0.5, 0.6) is 0 Å². The monoisotopic (exact) mass is 341 g/mol. The van der Waals surface area contributed by atoms with E-state index in [0.717, 1.165) is 0 Å². The van der Waals surface area contributed by atoms with Crippen LogP contribution in [0, 0.1) is 0 Å². The van der Waals surface area contributed by atoms with Crippen LogP contribution in [0.15, 0.2) is 29.2 Å². The third kappa shape index (κ3) is 4.10. The highest BCUT2D eigenvalue weighted by molar-refractivity contribution is 7.89. The zero-order valence-corrected chi connectivity index (χ0v) is 14.4. The summed E-state index contributed by atoms with van der Waals surface area (Å²) >= 11 is 0. The summed E-state index contributed by atoms with van der Waals surface area (Å²) in [4.78, 5) is 11.0. The van der Waals surface area contributed by atoms with Crippen LogP contribution in [-0.4, -0.2) is 48.6 Å². The average Bonchev–Trinajstić information content (AvgIpc) is 2.46. The fraction of sp³-hybridized carbons (Fsp3) is 0.562. The minimum atomic E-state index is -3.62. The van der Waals surface area contributed by atoms with Crippen LogP contribution in [0.4, 0.5) is 0 Å². The Hall–Kier alpha value is -1.44. The lowest BCUT2D eigenvalue weighted by Crippen LogP contribution is -2.46. The Bertz CT molecular complexity index is 654. The van der Waals surface area contributed by atoms with Gasteiger partial charge in [-0.05, 0) is 57.9 Å². The van der Waals surface area contributed by atoms with Crippen molar-refractivity contribution in [1.82, 2.24) is 4.31 Å². The van der Waals surface area contributed by atoms with Crippen LogP contribution in [0.1, 0.15) is 44.0 Å². The highest BCUT2D eigenvalue weighted by atomic mass is 32.2. The molecule has 0 aromatic heterocycles. The van der Waals surface area contributed by atoms with E-state index in [-0.39, 0.29) is 28.7 Å². The lowest BCUT2D eigenvalue weighted by Gasteiger charge is -2.37. The Morgan fingerprint density at radius 3 is 2.39 bits per heavy atom. The molecule has 1 aliphatic heterocycles. The summed E-state index contributed by atoms with van der Waals surface area (Å²) in [5.74, 6) is -1.08. The fourth-order valence-electron chi connectivity index (χ4n) is 2.88. The van der Waals surface area contributed by atoms with Gasteiger partial charge in [-0.3, -0.25) is 0 Å². The first kappa shape index (κ1) is 17.9. The van der Waals surface area contributed by atoms with E-state index < -0.39 is 16.0 Å². The maximum Gasteiger partial charge on any atom is 0.335 e. The predicted octanol–water partition coefficient (Wildman–Crippen LogP) is 2.35. The highest BCUT2D eigenvalue weighted by Crippen LogP contribution is 2.27. The summed E-state index contributed by atoms with van der Waals surface area (Å²) < 4.78 is 32.7.